The Bertz CT molecular complexity index is 445. The lowest BCUT2D eigenvalue weighted by molar-refractivity contribution is -0.000263. The largest absolute Gasteiger partial charge is 0.378 e. The first-order valence-electron chi connectivity index (χ1n) is 7.95. The molecule has 0 bridgehead atoms. The fraction of sp³-hybridized carbons (Fsp3) is 0.611. The molecule has 0 radical (unpaired) electrons. The first-order chi connectivity index (χ1) is 10.0. The van der Waals surface area contributed by atoms with E-state index in [2.05, 4.69) is 13.8 Å². The molecular formula is C18H25FO2. The summed E-state index contributed by atoms with van der Waals surface area (Å²) in [6.45, 7) is 5.20. The molecule has 1 fully saturated rings. The predicted octanol–water partition coefficient (Wildman–Crippen LogP) is 4.63. The lowest BCUT2D eigenvalue weighted by Crippen LogP contribution is -2.26. The van der Waals surface area contributed by atoms with Crippen LogP contribution >= 0.6 is 0 Å². The quantitative estimate of drug-likeness (QED) is 0.564. The lowest BCUT2D eigenvalue weighted by Gasteiger charge is -2.31. The number of carbonyl (C=O) groups is 1. The Morgan fingerprint density at radius 3 is 2.38 bits per heavy atom. The average Bonchev–Trinajstić information content (AvgIpc) is 2.43. The molecule has 0 aromatic heterocycles. The van der Waals surface area contributed by atoms with Crippen LogP contribution in [-0.4, -0.2) is 18.5 Å². The Labute approximate surface area is 126 Å². The molecule has 1 aromatic carbocycles. The van der Waals surface area contributed by atoms with E-state index >= 15 is 0 Å². The SMILES string of the molecule is CC1CC(C)CC(OCCCC(=O)c2ccc(F)cc2)C1. The van der Waals surface area contributed by atoms with Crippen molar-refractivity contribution in [3.8, 4) is 0 Å². The third-order valence-corrected chi connectivity index (χ3v) is 4.20. The van der Waals surface area contributed by atoms with Crippen molar-refractivity contribution in [2.45, 2.75) is 52.1 Å². The van der Waals surface area contributed by atoms with Gasteiger partial charge in [0.05, 0.1) is 6.10 Å². The lowest BCUT2D eigenvalue weighted by atomic mass is 9.82. The molecule has 0 amide bonds. The van der Waals surface area contributed by atoms with E-state index in [1.807, 2.05) is 0 Å². The van der Waals surface area contributed by atoms with Crippen LogP contribution < -0.4 is 0 Å². The normalized spacial score (nSPS) is 25.8. The maximum absolute atomic E-state index is 12.8. The number of ketones is 1. The molecule has 2 unspecified atom stereocenters. The molecule has 1 aliphatic carbocycles. The molecule has 21 heavy (non-hydrogen) atoms. The van der Waals surface area contributed by atoms with Crippen molar-refractivity contribution in [1.29, 1.82) is 0 Å². The number of Topliss-reactive ketones (excluding diaryl/α,β-unsaturated/α-hetero) is 1. The van der Waals surface area contributed by atoms with Crippen LogP contribution in [0.3, 0.4) is 0 Å². The molecule has 0 aliphatic heterocycles. The molecule has 1 saturated carbocycles. The molecule has 0 spiro atoms. The third-order valence-electron chi connectivity index (χ3n) is 4.20. The number of halogens is 1. The minimum atomic E-state index is -0.310. The van der Waals surface area contributed by atoms with Gasteiger partial charge in [-0.2, -0.15) is 0 Å². The van der Waals surface area contributed by atoms with E-state index in [0.717, 1.165) is 31.1 Å². The van der Waals surface area contributed by atoms with Gasteiger partial charge in [-0.15, -0.1) is 0 Å². The minimum Gasteiger partial charge on any atom is -0.378 e. The van der Waals surface area contributed by atoms with Crippen LogP contribution in [0.1, 0.15) is 56.3 Å². The Hall–Kier alpha value is -1.22. The number of hydrogen-bond donors (Lipinski definition) is 0. The van der Waals surface area contributed by atoms with Gasteiger partial charge in [0.2, 0.25) is 0 Å². The van der Waals surface area contributed by atoms with Crippen molar-refractivity contribution in [3.05, 3.63) is 35.6 Å². The van der Waals surface area contributed by atoms with E-state index in [1.165, 1.54) is 18.6 Å². The zero-order valence-electron chi connectivity index (χ0n) is 13.0. The highest BCUT2D eigenvalue weighted by Gasteiger charge is 2.24. The van der Waals surface area contributed by atoms with E-state index in [0.29, 0.717) is 24.7 Å². The van der Waals surface area contributed by atoms with Gasteiger partial charge in [-0.25, -0.2) is 4.39 Å². The highest BCUT2D eigenvalue weighted by molar-refractivity contribution is 5.95. The standard InChI is InChI=1S/C18H25FO2/c1-13-10-14(2)12-17(11-13)21-9-3-4-18(20)15-5-7-16(19)8-6-15/h5-8,13-14,17H,3-4,9-12H2,1-2H3. The highest BCUT2D eigenvalue weighted by Crippen LogP contribution is 2.30. The van der Waals surface area contributed by atoms with Crippen molar-refractivity contribution in [2.24, 2.45) is 11.8 Å². The summed E-state index contributed by atoms with van der Waals surface area (Å²) in [5.41, 5.74) is 0.580. The third kappa shape index (κ3) is 5.24. The molecule has 2 nitrogen and oxygen atoms in total. The first-order valence-corrected chi connectivity index (χ1v) is 7.95. The number of hydrogen-bond acceptors (Lipinski definition) is 2. The van der Waals surface area contributed by atoms with Gasteiger partial charge in [-0.3, -0.25) is 4.79 Å². The van der Waals surface area contributed by atoms with Crippen LogP contribution in [-0.2, 0) is 4.74 Å². The summed E-state index contributed by atoms with van der Waals surface area (Å²) in [5.74, 6) is 1.22. The van der Waals surface area contributed by atoms with Gasteiger partial charge in [0.15, 0.2) is 5.78 Å². The summed E-state index contributed by atoms with van der Waals surface area (Å²) in [7, 11) is 0. The Kier molecular flexibility index (Phi) is 5.92. The number of benzene rings is 1. The van der Waals surface area contributed by atoms with Crippen molar-refractivity contribution >= 4 is 5.78 Å². The fourth-order valence-corrected chi connectivity index (χ4v) is 3.27. The topological polar surface area (TPSA) is 26.3 Å². The molecule has 2 rings (SSSR count). The zero-order chi connectivity index (χ0) is 15.2. The molecular weight excluding hydrogens is 267 g/mol. The first kappa shape index (κ1) is 16.2. The van der Waals surface area contributed by atoms with E-state index in [4.69, 9.17) is 4.74 Å². The maximum Gasteiger partial charge on any atom is 0.162 e. The van der Waals surface area contributed by atoms with E-state index in [1.54, 1.807) is 12.1 Å². The van der Waals surface area contributed by atoms with Crippen molar-refractivity contribution in [3.63, 3.8) is 0 Å². The molecule has 0 N–H and O–H groups in total. The maximum atomic E-state index is 12.8. The van der Waals surface area contributed by atoms with Crippen LogP contribution in [0.5, 0.6) is 0 Å². The van der Waals surface area contributed by atoms with Gasteiger partial charge in [-0.1, -0.05) is 13.8 Å². The Morgan fingerprint density at radius 1 is 1.14 bits per heavy atom. The summed E-state index contributed by atoms with van der Waals surface area (Å²) in [6, 6.07) is 5.75. The zero-order valence-corrected chi connectivity index (χ0v) is 13.0. The Morgan fingerprint density at radius 2 is 1.76 bits per heavy atom. The minimum absolute atomic E-state index is 0.0592. The molecule has 1 aromatic rings. The van der Waals surface area contributed by atoms with Gasteiger partial charge >= 0.3 is 0 Å². The highest BCUT2D eigenvalue weighted by atomic mass is 19.1. The van der Waals surface area contributed by atoms with E-state index < -0.39 is 0 Å². The van der Waals surface area contributed by atoms with Gasteiger partial charge in [0.25, 0.3) is 0 Å². The predicted molar refractivity (Wildman–Crippen MR) is 81.9 cm³/mol. The molecule has 3 heteroatoms. The summed E-state index contributed by atoms with van der Waals surface area (Å²) < 4.78 is 18.7. The van der Waals surface area contributed by atoms with Crippen LogP contribution in [0.4, 0.5) is 4.39 Å². The number of ether oxygens (including phenoxy) is 1. The van der Waals surface area contributed by atoms with Gasteiger partial charge in [0.1, 0.15) is 5.82 Å². The summed E-state index contributed by atoms with van der Waals surface area (Å²) >= 11 is 0. The fourth-order valence-electron chi connectivity index (χ4n) is 3.27. The van der Waals surface area contributed by atoms with E-state index in [-0.39, 0.29) is 11.6 Å². The van der Waals surface area contributed by atoms with Crippen molar-refractivity contribution in [1.82, 2.24) is 0 Å². The smallest absolute Gasteiger partial charge is 0.162 e. The monoisotopic (exact) mass is 292 g/mol. The average molecular weight is 292 g/mol. The second kappa shape index (κ2) is 7.69. The van der Waals surface area contributed by atoms with Crippen molar-refractivity contribution < 1.29 is 13.9 Å². The molecule has 0 heterocycles. The summed E-state index contributed by atoms with van der Waals surface area (Å²) in [6.07, 6.45) is 5.11. The summed E-state index contributed by atoms with van der Waals surface area (Å²) in [5, 5.41) is 0. The number of rotatable bonds is 6. The van der Waals surface area contributed by atoms with Gasteiger partial charge < -0.3 is 4.74 Å². The Balaban J connectivity index is 1.67. The molecule has 116 valence electrons. The van der Waals surface area contributed by atoms with Crippen molar-refractivity contribution in [2.75, 3.05) is 6.61 Å². The molecule has 2 atom stereocenters. The molecule has 1 aliphatic rings. The second-order valence-corrected chi connectivity index (χ2v) is 6.44. The van der Waals surface area contributed by atoms with Crippen LogP contribution in [0, 0.1) is 17.7 Å². The van der Waals surface area contributed by atoms with Gasteiger partial charge in [0, 0.05) is 18.6 Å². The molecule has 0 saturated heterocycles. The van der Waals surface area contributed by atoms with E-state index in [9.17, 15) is 9.18 Å². The van der Waals surface area contributed by atoms with Crippen LogP contribution in [0.25, 0.3) is 0 Å². The van der Waals surface area contributed by atoms with Crippen LogP contribution in [0.2, 0.25) is 0 Å². The van der Waals surface area contributed by atoms with Gasteiger partial charge in [-0.05, 0) is 61.8 Å². The number of carbonyl (C=O) groups excluding carboxylic acids is 1. The van der Waals surface area contributed by atoms with Crippen LogP contribution in [0.15, 0.2) is 24.3 Å². The second-order valence-electron chi connectivity index (χ2n) is 6.44. The summed E-state index contributed by atoms with van der Waals surface area (Å²) in [4.78, 5) is 11.9.